The topological polar surface area (TPSA) is 76.4 Å². The summed E-state index contributed by atoms with van der Waals surface area (Å²) in [7, 11) is 1.99. The van der Waals surface area contributed by atoms with Gasteiger partial charge in [-0.05, 0) is 64.0 Å². The molecule has 1 aliphatic rings. The quantitative estimate of drug-likeness (QED) is 0.502. The third kappa shape index (κ3) is 6.21. The molecule has 1 fully saturated rings. The Morgan fingerprint density at radius 3 is 2.72 bits per heavy atom. The molecular weight excluding hydrogens is 364 g/mol. The Morgan fingerprint density at radius 1 is 1.34 bits per heavy atom. The van der Waals surface area contributed by atoms with Crippen molar-refractivity contribution in [1.82, 2.24) is 25.4 Å². The first-order valence-corrected chi connectivity index (χ1v) is 10.6. The molecule has 2 heterocycles. The van der Waals surface area contributed by atoms with E-state index in [1.807, 2.05) is 30.1 Å². The number of pyridine rings is 1. The number of guanidine groups is 1. The zero-order chi connectivity index (χ0) is 20.8. The minimum Gasteiger partial charge on any atom is -0.477 e. The van der Waals surface area contributed by atoms with E-state index in [9.17, 15) is 0 Å². The van der Waals surface area contributed by atoms with Gasteiger partial charge >= 0.3 is 0 Å². The van der Waals surface area contributed by atoms with E-state index in [-0.39, 0.29) is 6.04 Å². The fourth-order valence-electron chi connectivity index (χ4n) is 3.27. The number of nitrogens with one attached hydrogen (secondary N) is 2. The van der Waals surface area contributed by atoms with E-state index in [1.165, 1.54) is 24.1 Å². The van der Waals surface area contributed by atoms with Crippen LogP contribution in [0.25, 0.3) is 0 Å². The highest BCUT2D eigenvalue weighted by molar-refractivity contribution is 5.80. The minimum absolute atomic E-state index is 0.241. The smallest absolute Gasteiger partial charge is 0.213 e. The van der Waals surface area contributed by atoms with Gasteiger partial charge in [0.25, 0.3) is 0 Å². The number of nitrogens with zero attached hydrogens (tertiary/aromatic N) is 4. The highest BCUT2D eigenvalue weighted by Gasteiger charge is 2.22. The molecule has 0 aliphatic heterocycles. The molecule has 2 aromatic rings. The standard InChI is InChI=1S/C22H34N6O/c1-6-23-22(26-15(2)11-20-16(3)27-28(5)17(20)4)25-13-19-9-10-21(24-12-19)29-14-18-7-8-18/h9-10,12,15,18H,6-8,11,13-14H2,1-5H3,(H2,23,25,26). The summed E-state index contributed by atoms with van der Waals surface area (Å²) in [4.78, 5) is 9.12. The summed E-state index contributed by atoms with van der Waals surface area (Å²) >= 11 is 0. The van der Waals surface area contributed by atoms with Gasteiger partial charge in [0.15, 0.2) is 5.96 Å². The van der Waals surface area contributed by atoms with E-state index in [0.29, 0.717) is 12.4 Å². The Morgan fingerprint density at radius 2 is 2.14 bits per heavy atom. The first kappa shape index (κ1) is 21.1. The van der Waals surface area contributed by atoms with Crippen molar-refractivity contribution < 1.29 is 4.74 Å². The number of hydrogen-bond donors (Lipinski definition) is 2. The molecule has 1 unspecified atom stereocenters. The molecule has 0 amide bonds. The minimum atomic E-state index is 0.241. The molecule has 3 rings (SSSR count). The lowest BCUT2D eigenvalue weighted by atomic mass is 10.1. The van der Waals surface area contributed by atoms with E-state index >= 15 is 0 Å². The Labute approximate surface area is 174 Å². The molecule has 0 aromatic carbocycles. The van der Waals surface area contributed by atoms with Crippen LogP contribution in [-0.4, -0.2) is 39.9 Å². The first-order chi connectivity index (χ1) is 14.0. The van der Waals surface area contributed by atoms with Crippen molar-refractivity contribution in [2.24, 2.45) is 18.0 Å². The van der Waals surface area contributed by atoms with Crippen molar-refractivity contribution in [3.05, 3.63) is 40.8 Å². The van der Waals surface area contributed by atoms with Crippen LogP contribution in [0, 0.1) is 19.8 Å². The maximum Gasteiger partial charge on any atom is 0.213 e. The van der Waals surface area contributed by atoms with E-state index in [1.54, 1.807) is 0 Å². The molecule has 7 heteroatoms. The molecule has 0 bridgehead atoms. The maximum atomic E-state index is 5.70. The molecule has 29 heavy (non-hydrogen) atoms. The molecule has 1 aliphatic carbocycles. The van der Waals surface area contributed by atoms with Gasteiger partial charge in [-0.2, -0.15) is 5.10 Å². The summed E-state index contributed by atoms with van der Waals surface area (Å²) in [5.41, 5.74) is 4.67. The number of rotatable bonds is 9. The highest BCUT2D eigenvalue weighted by Crippen LogP contribution is 2.29. The molecule has 1 saturated carbocycles. The molecule has 0 radical (unpaired) electrons. The van der Waals surface area contributed by atoms with Gasteiger partial charge in [0.2, 0.25) is 5.88 Å². The Bertz CT molecular complexity index is 823. The molecule has 2 N–H and O–H groups in total. The van der Waals surface area contributed by atoms with Crippen molar-refractivity contribution in [2.75, 3.05) is 13.2 Å². The Hall–Kier alpha value is -2.57. The van der Waals surface area contributed by atoms with Crippen LogP contribution in [0.1, 0.15) is 49.2 Å². The molecular formula is C22H34N6O. The SMILES string of the molecule is CCNC(=NCc1ccc(OCC2CC2)nc1)NC(C)Cc1c(C)nn(C)c1C. The van der Waals surface area contributed by atoms with E-state index in [0.717, 1.165) is 42.7 Å². The summed E-state index contributed by atoms with van der Waals surface area (Å²) in [5.74, 6) is 2.25. The van der Waals surface area contributed by atoms with Crippen LogP contribution in [-0.2, 0) is 20.0 Å². The normalized spacial score (nSPS) is 15.3. The van der Waals surface area contributed by atoms with Crippen LogP contribution in [0.5, 0.6) is 5.88 Å². The third-order valence-electron chi connectivity index (χ3n) is 5.28. The highest BCUT2D eigenvalue weighted by atomic mass is 16.5. The number of ether oxygens (including phenoxy) is 1. The van der Waals surface area contributed by atoms with Crippen molar-refractivity contribution in [2.45, 2.75) is 59.5 Å². The second-order valence-corrected chi connectivity index (χ2v) is 7.98. The average molecular weight is 399 g/mol. The second-order valence-electron chi connectivity index (χ2n) is 7.98. The number of aryl methyl sites for hydroxylation is 2. The van der Waals surface area contributed by atoms with Crippen LogP contribution in [0.15, 0.2) is 23.3 Å². The first-order valence-electron chi connectivity index (χ1n) is 10.6. The molecule has 0 saturated heterocycles. The van der Waals surface area contributed by atoms with Gasteiger partial charge < -0.3 is 15.4 Å². The van der Waals surface area contributed by atoms with Crippen molar-refractivity contribution in [3.8, 4) is 5.88 Å². The van der Waals surface area contributed by atoms with Crippen LogP contribution < -0.4 is 15.4 Å². The predicted octanol–water partition coefficient (Wildman–Crippen LogP) is 2.91. The van der Waals surface area contributed by atoms with Crippen LogP contribution in [0.2, 0.25) is 0 Å². The Balaban J connectivity index is 1.55. The van der Waals surface area contributed by atoms with E-state index < -0.39 is 0 Å². The van der Waals surface area contributed by atoms with Crippen LogP contribution in [0.4, 0.5) is 0 Å². The lowest BCUT2D eigenvalue weighted by Crippen LogP contribution is -2.43. The van der Waals surface area contributed by atoms with Crippen LogP contribution in [0.3, 0.4) is 0 Å². The molecule has 1 atom stereocenters. The summed E-state index contributed by atoms with van der Waals surface area (Å²) in [6, 6.07) is 4.21. The van der Waals surface area contributed by atoms with Gasteiger partial charge in [0.1, 0.15) is 0 Å². The molecule has 7 nitrogen and oxygen atoms in total. The van der Waals surface area contributed by atoms with Gasteiger partial charge in [-0.15, -0.1) is 0 Å². The average Bonchev–Trinajstić information content (AvgIpc) is 3.49. The van der Waals surface area contributed by atoms with Gasteiger partial charge in [-0.1, -0.05) is 6.07 Å². The largest absolute Gasteiger partial charge is 0.477 e. The summed E-state index contributed by atoms with van der Waals surface area (Å²) in [6.45, 7) is 10.6. The number of aliphatic imine (C=N–C) groups is 1. The number of hydrogen-bond acceptors (Lipinski definition) is 4. The maximum absolute atomic E-state index is 5.70. The fraction of sp³-hybridized carbons (Fsp3) is 0.591. The summed E-state index contributed by atoms with van der Waals surface area (Å²) in [6.07, 6.45) is 5.32. The van der Waals surface area contributed by atoms with E-state index in [2.05, 4.69) is 48.4 Å². The second kappa shape index (κ2) is 9.76. The molecule has 2 aromatic heterocycles. The van der Waals surface area contributed by atoms with E-state index in [4.69, 9.17) is 9.73 Å². The van der Waals surface area contributed by atoms with Gasteiger partial charge in [0.05, 0.1) is 18.8 Å². The van der Waals surface area contributed by atoms with Crippen molar-refractivity contribution in [3.63, 3.8) is 0 Å². The monoisotopic (exact) mass is 398 g/mol. The number of aromatic nitrogens is 3. The van der Waals surface area contributed by atoms with Crippen molar-refractivity contribution >= 4 is 5.96 Å². The summed E-state index contributed by atoms with van der Waals surface area (Å²) in [5, 5.41) is 11.4. The third-order valence-corrected chi connectivity index (χ3v) is 5.28. The molecule has 158 valence electrons. The van der Waals surface area contributed by atoms with Gasteiger partial charge in [-0.3, -0.25) is 4.68 Å². The molecule has 0 spiro atoms. The Kier molecular flexibility index (Phi) is 7.12. The zero-order valence-electron chi connectivity index (χ0n) is 18.3. The van der Waals surface area contributed by atoms with Crippen molar-refractivity contribution in [1.29, 1.82) is 0 Å². The van der Waals surface area contributed by atoms with Crippen LogP contribution >= 0.6 is 0 Å². The lowest BCUT2D eigenvalue weighted by molar-refractivity contribution is 0.288. The zero-order valence-corrected chi connectivity index (χ0v) is 18.3. The lowest BCUT2D eigenvalue weighted by Gasteiger charge is -2.18. The van der Waals surface area contributed by atoms with Gasteiger partial charge in [-0.25, -0.2) is 9.98 Å². The van der Waals surface area contributed by atoms with Gasteiger partial charge in [0, 0.05) is 37.6 Å². The predicted molar refractivity (Wildman–Crippen MR) is 116 cm³/mol. The fourth-order valence-corrected chi connectivity index (χ4v) is 3.27. The summed E-state index contributed by atoms with van der Waals surface area (Å²) < 4.78 is 7.65.